The van der Waals surface area contributed by atoms with Gasteiger partial charge in [-0.05, 0) is 175 Å². The fourth-order valence-corrected chi connectivity index (χ4v) is 13.9. The SMILES string of the molecule is ClC[C@@H]1CO1.Oc1ccc(C23CC4CC(CC(c5ccccc5)(C4)C2)C3)cc1.[2H]CS.[H-].[Na+].c1ccc(C23CC4CC(C2)CC(c2ccc(OC[C@@H]5CO5)cc2)(C4)C3)cc1. The molecule has 8 saturated carbocycles. The van der Waals surface area contributed by atoms with Crippen LogP contribution < -0.4 is 34.3 Å². The topological polar surface area (TPSA) is 54.5 Å². The summed E-state index contributed by atoms with van der Waals surface area (Å²) in [5, 5.41) is 9.67. The van der Waals surface area contributed by atoms with Crippen LogP contribution in [0.4, 0.5) is 0 Å². The van der Waals surface area contributed by atoms with Crippen molar-refractivity contribution in [2.75, 3.05) is 31.9 Å². The van der Waals surface area contributed by atoms with Gasteiger partial charge >= 0.3 is 29.6 Å². The second-order valence-electron chi connectivity index (χ2n) is 19.2. The Bertz CT molecular complexity index is 1930. The zero-order valence-corrected chi connectivity index (χ0v) is 38.0. The van der Waals surface area contributed by atoms with Crippen molar-refractivity contribution in [1.29, 1.82) is 0 Å². The Morgan fingerprint density at radius 1 is 0.621 bits per heavy atom. The van der Waals surface area contributed by atoms with Crippen molar-refractivity contribution in [3.63, 3.8) is 0 Å². The van der Waals surface area contributed by atoms with Crippen LogP contribution in [-0.2, 0) is 31.1 Å². The molecule has 4 aromatic carbocycles. The van der Waals surface area contributed by atoms with Gasteiger partial charge < -0.3 is 20.7 Å². The summed E-state index contributed by atoms with van der Waals surface area (Å²) in [5.41, 5.74) is 7.68. The molecule has 2 heterocycles. The number of thiol groups is 1. The largest absolute Gasteiger partial charge is 1.00 e. The molecule has 4 aromatic rings. The molecule has 0 amide bonds. The third-order valence-corrected chi connectivity index (χ3v) is 15.6. The minimum atomic E-state index is 0. The van der Waals surface area contributed by atoms with Gasteiger partial charge in [-0.25, -0.2) is 0 Å². The van der Waals surface area contributed by atoms with E-state index in [1.165, 1.54) is 82.6 Å². The number of phenols is 1. The summed E-state index contributed by atoms with van der Waals surface area (Å²) in [6.45, 7) is 2.42. The third kappa shape index (κ3) is 8.85. The summed E-state index contributed by atoms with van der Waals surface area (Å²) in [6, 6.07) is 39.9. The Kier molecular flexibility index (Phi) is 12.7. The van der Waals surface area contributed by atoms with Gasteiger partial charge in [0.2, 0.25) is 0 Å². The number of alkyl halides is 1. The van der Waals surface area contributed by atoms with E-state index in [1.807, 2.05) is 12.1 Å². The molecule has 8 aliphatic carbocycles. The fourth-order valence-electron chi connectivity index (χ4n) is 13.7. The van der Waals surface area contributed by atoms with E-state index < -0.39 is 0 Å². The Labute approximate surface area is 382 Å². The Morgan fingerprint density at radius 3 is 1.29 bits per heavy atom. The third-order valence-electron chi connectivity index (χ3n) is 15.3. The molecule has 2 saturated heterocycles. The van der Waals surface area contributed by atoms with Gasteiger partial charge in [0.1, 0.15) is 24.2 Å². The van der Waals surface area contributed by atoms with Gasteiger partial charge in [0.05, 0.1) is 25.2 Å². The van der Waals surface area contributed by atoms with E-state index in [1.54, 1.807) is 16.7 Å². The van der Waals surface area contributed by atoms with Crippen molar-refractivity contribution < 1.29 is 51.7 Å². The van der Waals surface area contributed by atoms with Crippen LogP contribution in [0.1, 0.15) is 102 Å². The molecule has 7 heteroatoms. The summed E-state index contributed by atoms with van der Waals surface area (Å²) >= 11 is 8.73. The van der Waals surface area contributed by atoms with Crippen LogP contribution in [0.25, 0.3) is 0 Å². The first-order valence-corrected chi connectivity index (χ1v) is 22.8. The molecule has 0 spiro atoms. The molecule has 10 fully saturated rings. The van der Waals surface area contributed by atoms with Crippen molar-refractivity contribution in [2.24, 2.45) is 23.7 Å². The Balaban J connectivity index is 0.000000151. The number of rotatable bonds is 8. The molecule has 0 aromatic heterocycles. The van der Waals surface area contributed by atoms with Gasteiger partial charge in [0.15, 0.2) is 0 Å². The van der Waals surface area contributed by atoms with Crippen LogP contribution in [0, 0.1) is 23.7 Å². The first kappa shape index (κ1) is 41.4. The molecular weight excluding hydrogens is 767 g/mol. The molecule has 10 aliphatic rings. The second-order valence-corrected chi connectivity index (χ2v) is 19.5. The van der Waals surface area contributed by atoms with E-state index in [2.05, 4.69) is 110 Å². The van der Waals surface area contributed by atoms with Gasteiger partial charge in [0, 0.05) is 1.37 Å². The van der Waals surface area contributed by atoms with Gasteiger partial charge in [-0.1, -0.05) is 84.9 Å². The van der Waals surface area contributed by atoms with Crippen molar-refractivity contribution >= 4 is 24.2 Å². The minimum Gasteiger partial charge on any atom is -1.00 e. The first-order chi connectivity index (χ1) is 28.3. The Morgan fingerprint density at radius 2 is 0.966 bits per heavy atom. The van der Waals surface area contributed by atoms with Gasteiger partial charge in [0.25, 0.3) is 0 Å². The van der Waals surface area contributed by atoms with Gasteiger partial charge in [-0.3, -0.25) is 0 Å². The van der Waals surface area contributed by atoms with E-state index in [4.69, 9.17) is 27.2 Å². The molecule has 8 bridgehead atoms. The van der Waals surface area contributed by atoms with Crippen LogP contribution in [0.3, 0.4) is 0 Å². The molecule has 58 heavy (non-hydrogen) atoms. The molecule has 0 radical (unpaired) electrons. The summed E-state index contributed by atoms with van der Waals surface area (Å²) < 4.78 is 21.9. The molecule has 304 valence electrons. The van der Waals surface area contributed by atoms with Crippen LogP contribution >= 0.6 is 24.2 Å². The predicted molar refractivity (Wildman–Crippen MR) is 235 cm³/mol. The number of hydrogen-bond donors (Lipinski definition) is 2. The number of aromatic hydroxyl groups is 1. The molecule has 14 rings (SSSR count). The number of epoxide rings is 2. The smallest absolute Gasteiger partial charge is 1.00 e. The molecule has 6 atom stereocenters. The van der Waals surface area contributed by atoms with Crippen molar-refractivity contribution in [2.45, 2.75) is 111 Å². The summed E-state index contributed by atoms with van der Waals surface area (Å²) in [5.74, 6) is 5.59. The van der Waals surface area contributed by atoms with E-state index in [0.717, 1.165) is 42.6 Å². The number of ether oxygens (including phenoxy) is 3. The maximum absolute atomic E-state index is 9.67. The quantitative estimate of drug-likeness (QED) is 0.0808. The zero-order chi connectivity index (χ0) is 39.8. The molecule has 2 aliphatic heterocycles. The van der Waals surface area contributed by atoms with E-state index in [9.17, 15) is 5.11 Å². The number of halogens is 1. The minimum absolute atomic E-state index is 0. The maximum Gasteiger partial charge on any atom is 1.00 e. The normalized spacial score (nSPS) is 36.3. The fraction of sp³-hybridized carbons (Fsp3) is 0.529. The molecule has 4 nitrogen and oxygen atoms in total. The average Bonchev–Trinajstić information content (AvgIpc) is 4.17. The monoisotopic (exact) mass is 829 g/mol. The number of phenolic OH excluding ortho intramolecular Hbond substituents is 1. The van der Waals surface area contributed by atoms with Crippen LogP contribution in [0.5, 0.6) is 11.5 Å². The van der Waals surface area contributed by atoms with E-state index in [0.29, 0.717) is 52.1 Å². The predicted octanol–water partition coefficient (Wildman–Crippen LogP) is 8.72. The zero-order valence-electron chi connectivity index (χ0n) is 36.4. The Hall–Kier alpha value is -1.96. The van der Waals surface area contributed by atoms with Crippen molar-refractivity contribution in [1.82, 2.24) is 0 Å². The average molecular weight is 831 g/mol. The number of benzene rings is 4. The first-order valence-electron chi connectivity index (χ1n) is 22.3. The van der Waals surface area contributed by atoms with Crippen molar-refractivity contribution in [3.05, 3.63) is 131 Å². The van der Waals surface area contributed by atoms with Crippen LogP contribution in [0.15, 0.2) is 109 Å². The van der Waals surface area contributed by atoms with Crippen molar-refractivity contribution in [3.8, 4) is 11.5 Å². The maximum atomic E-state index is 9.67. The number of hydrogen-bond acceptors (Lipinski definition) is 5. The van der Waals surface area contributed by atoms with Crippen LogP contribution in [0.2, 0.25) is 0 Å². The molecular formula is C51H62ClNaO4S. The van der Waals surface area contributed by atoms with E-state index >= 15 is 0 Å². The second kappa shape index (κ2) is 17.8. The van der Waals surface area contributed by atoms with Crippen LogP contribution in [-0.4, -0.2) is 49.2 Å². The molecule has 1 N–H and O–H groups in total. The van der Waals surface area contributed by atoms with E-state index in [-0.39, 0.29) is 37.2 Å². The van der Waals surface area contributed by atoms with Gasteiger partial charge in [-0.15, -0.1) is 11.6 Å². The standard InChI is InChI=1S/C25H28O2.C22H24O.C3H5ClO.CH4S.Na.H/c1-2-4-20(5-3-1)24-11-18-10-19(12-24)14-25(13-18,17-24)21-6-8-22(9-7-21)26-15-23-16-27-23;23-20-8-6-19(7-9-20)22-13-16-10-17(14-22)12-21(11-16,15-22)18-4-2-1-3-5-18;4-1-3-2-5-3;1-2;;/h1-9,18-19,23H,10-17H2;1-9,16-17,23H,10-15H2;3H,1-2H2;2H,1H3;;/q;;;;+1;-1/t18?,19?,23-,24?,25?;;3-;;;/m1.1.../s1/i;;;1D;;. The summed E-state index contributed by atoms with van der Waals surface area (Å²) in [7, 11) is 0. The molecule has 4 unspecified atom stereocenters. The summed E-state index contributed by atoms with van der Waals surface area (Å²) in [4.78, 5) is 0. The summed E-state index contributed by atoms with van der Waals surface area (Å²) in [6.07, 6.45) is 17.5. The van der Waals surface area contributed by atoms with Gasteiger partial charge in [-0.2, -0.15) is 12.6 Å².